The maximum Gasteiger partial charge on any atom is 0.163 e. The number of aliphatic hydroxyl groups is 1. The first-order valence-electron chi connectivity index (χ1n) is 43.9. The Kier molecular flexibility index (Phi) is 34.2. The Hall–Kier alpha value is -8.84. The Morgan fingerprint density at radius 2 is 0.606 bits per heavy atom. The molecule has 0 bridgehead atoms. The Morgan fingerprint density at radius 1 is 0.362 bits per heavy atom. The van der Waals surface area contributed by atoms with Crippen LogP contribution in [0.3, 0.4) is 0 Å². The van der Waals surface area contributed by atoms with Crippen molar-refractivity contribution in [2.75, 3.05) is 61.0 Å². The largest absolute Gasteiger partial charge is 0.392 e. The molecule has 13 nitrogen and oxygen atoms in total. The van der Waals surface area contributed by atoms with E-state index in [1.54, 1.807) is 27.7 Å². The summed E-state index contributed by atoms with van der Waals surface area (Å²) in [5.74, 6) is -0.0599. The summed E-state index contributed by atoms with van der Waals surface area (Å²) in [6.07, 6.45) is -0.723. The van der Waals surface area contributed by atoms with Gasteiger partial charge in [-0.2, -0.15) is 0 Å². The van der Waals surface area contributed by atoms with Crippen molar-refractivity contribution in [2.45, 2.75) is 218 Å². The van der Waals surface area contributed by atoms with Gasteiger partial charge in [0.25, 0.3) is 0 Å². The number of carbonyl (C=O) groups is 4. The van der Waals surface area contributed by atoms with Gasteiger partial charge in [0.2, 0.25) is 0 Å². The number of hydrogen-bond acceptors (Lipinski definition) is 13. The van der Waals surface area contributed by atoms with Crippen LogP contribution in [-0.4, -0.2) is 126 Å². The number of Topliss-reactive ketones (excluding diaryl/α,β-unsaturated/α-hetero) is 4. The molecule has 12 aromatic rings. The average Bonchev–Trinajstić information content (AvgIpc) is 0.748. The van der Waals surface area contributed by atoms with E-state index in [0.717, 1.165) is 180 Å². The van der Waals surface area contributed by atoms with Gasteiger partial charge in [-0.15, -0.1) is 0 Å². The molecular weight excluding hydrogens is 1670 g/mol. The number of halogens is 4. The normalized spacial score (nSPS) is 13.8. The van der Waals surface area contributed by atoms with Gasteiger partial charge in [0.15, 0.2) is 23.1 Å². The standard InChI is InChI=1S/C29H34ClNO3.C29H36ClNO2.C27H32ClNO2.C25H27ClO3/c1-19-25(18-31-14-16-33-17-15-31)23-8-6-7-9-24(23)27(21-10-12-22(30)13-11-21)26(19)28(20(2)32)34-29(3,4)5;1-19-23(13-10-18-31(6)7)24-11-8-9-12-25(24)27(21-14-16-22(30)17-15-21)26(19)28(20(2)32)33-29(3,4)5;1-17-23(16-29(6)7)21-10-8-9-11-22(21)25(19-12-14-20(28)15-13-19)24(17)26(18(2)30)31-27(3,4)5;1-15-21(14-27)19-8-6-7-9-20(19)23(17-10-12-18(26)13-11-17)22(15)24(16(2)28)29-25(3,4)5/h6-13,28H,14-18H2,1-5H3;8-9,11-12,14-17,28H,10,13,18H2,1-7H3;8-15,26H,16H2,1-7H3;6-13,24,27H,14H2,1-5H3. The van der Waals surface area contributed by atoms with E-state index in [1.165, 1.54) is 32.8 Å². The summed E-state index contributed by atoms with van der Waals surface area (Å²) in [4.78, 5) is 58.5. The van der Waals surface area contributed by atoms with Crippen molar-refractivity contribution in [3.05, 3.63) is 281 Å². The molecule has 1 fully saturated rings. The third-order valence-corrected chi connectivity index (χ3v) is 23.7. The molecular formula is C110H129Cl4N3O10. The first-order valence-corrected chi connectivity index (χ1v) is 45.4. The van der Waals surface area contributed by atoms with Crippen molar-refractivity contribution in [3.63, 3.8) is 0 Å². The Balaban J connectivity index is 0.000000177. The molecule has 12 aromatic carbocycles. The Labute approximate surface area is 774 Å². The molecule has 4 atom stereocenters. The molecule has 0 saturated carbocycles. The highest BCUT2D eigenvalue weighted by Gasteiger charge is 2.37. The first kappa shape index (κ1) is 100. The summed E-state index contributed by atoms with van der Waals surface area (Å²) in [5, 5.41) is 21.8. The Bertz CT molecular complexity index is 5890. The van der Waals surface area contributed by atoms with Gasteiger partial charge in [0, 0.05) is 46.3 Å². The molecule has 672 valence electrons. The second-order valence-electron chi connectivity index (χ2n) is 37.9. The number of benzene rings is 12. The second-order valence-corrected chi connectivity index (χ2v) is 39.6. The lowest BCUT2D eigenvalue weighted by molar-refractivity contribution is -0.139. The minimum atomic E-state index is -0.740. The molecule has 1 heterocycles. The van der Waals surface area contributed by atoms with Crippen LogP contribution < -0.4 is 0 Å². The van der Waals surface area contributed by atoms with Crippen LogP contribution in [0.5, 0.6) is 0 Å². The zero-order chi connectivity index (χ0) is 93.1. The van der Waals surface area contributed by atoms with E-state index in [4.69, 9.17) is 70.1 Å². The first-order chi connectivity index (χ1) is 59.8. The number of ketones is 4. The van der Waals surface area contributed by atoms with Crippen LogP contribution in [0.15, 0.2) is 194 Å². The van der Waals surface area contributed by atoms with Crippen LogP contribution in [0.2, 0.25) is 20.1 Å². The predicted octanol–water partition coefficient (Wildman–Crippen LogP) is 27.5. The maximum atomic E-state index is 13.1. The number of hydrogen-bond donors (Lipinski definition) is 1. The lowest BCUT2D eigenvalue weighted by atomic mass is 9.82. The van der Waals surface area contributed by atoms with Gasteiger partial charge in [-0.3, -0.25) is 24.1 Å². The lowest BCUT2D eigenvalue weighted by Crippen LogP contribution is -2.36. The molecule has 0 aliphatic carbocycles. The fraction of sp³-hybridized carbons (Fsp3) is 0.382. The highest BCUT2D eigenvalue weighted by Crippen LogP contribution is 2.49. The third-order valence-electron chi connectivity index (χ3n) is 22.7. The van der Waals surface area contributed by atoms with Gasteiger partial charge >= 0.3 is 0 Å². The summed E-state index contributed by atoms with van der Waals surface area (Å²) in [7, 11) is 8.33. The van der Waals surface area contributed by atoms with Crippen LogP contribution in [0.1, 0.15) is 208 Å². The minimum absolute atomic E-state index is 0.000627. The summed E-state index contributed by atoms with van der Waals surface area (Å²) >= 11 is 24.8. The third kappa shape index (κ3) is 25.4. The lowest BCUT2D eigenvalue weighted by Gasteiger charge is -2.32. The van der Waals surface area contributed by atoms with Crippen LogP contribution in [0, 0.1) is 27.7 Å². The summed E-state index contributed by atoms with van der Waals surface area (Å²) in [6.45, 7) is 44.3. The number of aryl methyl sites for hydroxylation is 1. The quantitative estimate of drug-likeness (QED) is 0.0580. The zero-order valence-electron chi connectivity index (χ0n) is 78.8. The van der Waals surface area contributed by atoms with Crippen LogP contribution in [-0.2, 0) is 69.0 Å². The van der Waals surface area contributed by atoms with Crippen LogP contribution in [0.4, 0.5) is 0 Å². The fourth-order valence-corrected chi connectivity index (χ4v) is 17.8. The van der Waals surface area contributed by atoms with E-state index in [9.17, 15) is 24.3 Å². The highest BCUT2D eigenvalue weighted by atomic mass is 35.5. The number of carbonyl (C=O) groups excluding carboxylic acids is 4. The molecule has 1 aliphatic rings. The van der Waals surface area contributed by atoms with Gasteiger partial charge in [0.1, 0.15) is 24.4 Å². The van der Waals surface area contributed by atoms with Gasteiger partial charge in [-0.1, -0.05) is 192 Å². The van der Waals surface area contributed by atoms with E-state index in [2.05, 4.69) is 130 Å². The number of fused-ring (bicyclic) bond motifs is 4. The van der Waals surface area contributed by atoms with E-state index >= 15 is 0 Å². The molecule has 1 N–H and O–H groups in total. The average molecular weight is 1800 g/mol. The summed E-state index contributed by atoms with van der Waals surface area (Å²) in [6, 6.07) is 64.6. The monoisotopic (exact) mass is 1790 g/mol. The van der Waals surface area contributed by atoms with Crippen LogP contribution >= 0.6 is 46.4 Å². The van der Waals surface area contributed by atoms with E-state index in [1.807, 2.05) is 217 Å². The number of rotatable bonds is 25. The summed E-state index contributed by atoms with van der Waals surface area (Å²) < 4.78 is 31.0. The molecule has 0 radical (unpaired) electrons. The predicted molar refractivity (Wildman–Crippen MR) is 530 cm³/mol. The van der Waals surface area contributed by atoms with Gasteiger partial charge < -0.3 is 38.6 Å². The van der Waals surface area contributed by atoms with Crippen molar-refractivity contribution >= 4 is 113 Å². The topological polar surface area (TPSA) is 144 Å². The second kappa shape index (κ2) is 43.3. The molecule has 0 spiro atoms. The van der Waals surface area contributed by atoms with E-state index in [-0.39, 0.29) is 29.7 Å². The van der Waals surface area contributed by atoms with Crippen molar-refractivity contribution < 1.29 is 48.0 Å². The highest BCUT2D eigenvalue weighted by molar-refractivity contribution is 6.32. The number of aliphatic hydroxyl groups excluding tert-OH is 1. The molecule has 127 heavy (non-hydrogen) atoms. The number of nitrogens with zero attached hydrogens (tertiary/aromatic N) is 3. The molecule has 13 rings (SSSR count). The maximum absolute atomic E-state index is 13.1. The van der Waals surface area contributed by atoms with Gasteiger partial charge in [-0.25, -0.2) is 0 Å². The minimum Gasteiger partial charge on any atom is -0.392 e. The fourth-order valence-electron chi connectivity index (χ4n) is 17.3. The molecule has 1 saturated heterocycles. The van der Waals surface area contributed by atoms with Crippen molar-refractivity contribution in [3.8, 4) is 44.5 Å². The van der Waals surface area contributed by atoms with Gasteiger partial charge in [-0.05, 0) is 389 Å². The number of ether oxygens (including phenoxy) is 5. The van der Waals surface area contributed by atoms with Crippen LogP contribution in [0.25, 0.3) is 87.6 Å². The van der Waals surface area contributed by atoms with Crippen molar-refractivity contribution in [1.29, 1.82) is 0 Å². The van der Waals surface area contributed by atoms with E-state index < -0.39 is 46.8 Å². The Morgan fingerprint density at radius 3 is 0.866 bits per heavy atom. The van der Waals surface area contributed by atoms with E-state index in [0.29, 0.717) is 20.1 Å². The van der Waals surface area contributed by atoms with Gasteiger partial charge in [0.05, 0.1) is 42.2 Å². The van der Waals surface area contributed by atoms with Crippen molar-refractivity contribution in [1.82, 2.24) is 14.7 Å². The molecule has 1 aliphatic heterocycles. The molecule has 4 unspecified atom stereocenters. The summed E-state index contributed by atoms with van der Waals surface area (Å²) in [5.41, 5.74) is 18.7. The smallest absolute Gasteiger partial charge is 0.163 e. The van der Waals surface area contributed by atoms with Crippen molar-refractivity contribution in [2.24, 2.45) is 0 Å². The molecule has 0 aromatic heterocycles. The molecule has 17 heteroatoms. The zero-order valence-corrected chi connectivity index (χ0v) is 81.9. The number of morpholine rings is 1. The SMILES string of the molecule is CC(=O)C(OC(C)(C)C)c1c(C)c(CCCN(C)C)c2ccccc2c1-c1ccc(Cl)cc1.CC(=O)C(OC(C)(C)C)c1c(C)c(CN(C)C)c2ccccc2c1-c1ccc(Cl)cc1.CC(=O)C(OC(C)(C)C)c1c(C)c(CN2CCOCC2)c2ccccc2c1-c1ccc(Cl)cc1.CC(=O)C(OC(C)(C)C)c1c(C)c(CO)c2ccccc2c1-c1ccc(Cl)cc1. The molecule has 0 amide bonds.